The molecule has 7 heteroatoms. The van der Waals surface area contributed by atoms with Gasteiger partial charge in [0.05, 0.1) is 28.2 Å². The van der Waals surface area contributed by atoms with Gasteiger partial charge in [0.2, 0.25) is 0 Å². The smallest absolute Gasteiger partial charge is 0.293 e. The Kier molecular flexibility index (Phi) is 7.10. The number of benzene rings is 3. The Hall–Kier alpha value is -3.71. The summed E-state index contributed by atoms with van der Waals surface area (Å²) in [5.41, 5.74) is 4.91. The topological polar surface area (TPSA) is 66.2 Å². The highest BCUT2D eigenvalue weighted by atomic mass is 79.9. The zero-order valence-corrected chi connectivity index (χ0v) is 22.5. The summed E-state index contributed by atoms with van der Waals surface area (Å²) < 4.78 is 15.0. The maximum Gasteiger partial charge on any atom is 0.293 e. The van der Waals surface area contributed by atoms with Crippen molar-refractivity contribution in [2.24, 2.45) is 0 Å². The molecule has 2 atom stereocenters. The van der Waals surface area contributed by atoms with Crippen LogP contribution in [0.3, 0.4) is 0 Å². The Morgan fingerprint density at radius 1 is 0.921 bits per heavy atom. The van der Waals surface area contributed by atoms with E-state index >= 15 is 0 Å². The van der Waals surface area contributed by atoms with Crippen LogP contribution in [0, 0.1) is 0 Å². The minimum atomic E-state index is -0.158. The summed E-state index contributed by atoms with van der Waals surface area (Å²) >= 11 is 3.60. The fraction of sp³-hybridized carbons (Fsp3) is 0.258. The van der Waals surface area contributed by atoms with Crippen molar-refractivity contribution in [3.8, 4) is 5.75 Å². The molecule has 3 aromatic carbocycles. The first kappa shape index (κ1) is 24.6. The highest BCUT2D eigenvalue weighted by Gasteiger charge is 2.32. The van der Waals surface area contributed by atoms with Gasteiger partial charge >= 0.3 is 0 Å². The summed E-state index contributed by atoms with van der Waals surface area (Å²) in [7, 11) is 0. The van der Waals surface area contributed by atoms with Crippen LogP contribution >= 0.6 is 15.9 Å². The van der Waals surface area contributed by atoms with Crippen LogP contribution in [0.2, 0.25) is 0 Å². The first-order valence-corrected chi connectivity index (χ1v) is 13.8. The molecule has 0 aliphatic heterocycles. The molecule has 1 aliphatic carbocycles. The van der Waals surface area contributed by atoms with E-state index in [9.17, 15) is 4.79 Å². The number of imidazole rings is 1. The number of nitrogens with zero attached hydrogens (tertiary/aromatic N) is 3. The third-order valence-electron chi connectivity index (χ3n) is 7.29. The van der Waals surface area contributed by atoms with Crippen molar-refractivity contribution < 1.29 is 14.3 Å². The molecule has 0 spiro atoms. The van der Waals surface area contributed by atoms with Crippen LogP contribution in [0.4, 0.5) is 0 Å². The molecular formula is C31H28BrN3O3. The van der Waals surface area contributed by atoms with Gasteiger partial charge in [-0.2, -0.15) is 0 Å². The molecular weight excluding hydrogens is 542 g/mol. The van der Waals surface area contributed by atoms with Crippen LogP contribution in [0.1, 0.15) is 48.7 Å². The Morgan fingerprint density at radius 2 is 1.82 bits per heavy atom. The fourth-order valence-corrected chi connectivity index (χ4v) is 5.90. The molecule has 6 rings (SSSR count). The van der Waals surface area contributed by atoms with Gasteiger partial charge in [0.1, 0.15) is 24.3 Å². The number of carbonyl (C=O) groups excluding carboxylic acids is 1. The molecule has 0 amide bonds. The molecule has 2 heterocycles. The molecule has 1 saturated carbocycles. The third-order valence-corrected chi connectivity index (χ3v) is 7.78. The SMILES string of the molecule is O=COC1CCCCC1c1nc2cc(OCc3ccc4ccccc4n3)ccc2n1Cc1cccc(Br)c1. The van der Waals surface area contributed by atoms with E-state index in [4.69, 9.17) is 19.4 Å². The number of pyridine rings is 1. The van der Waals surface area contributed by atoms with Crippen LogP contribution < -0.4 is 4.74 Å². The zero-order chi connectivity index (χ0) is 25.9. The maximum atomic E-state index is 11.3. The van der Waals surface area contributed by atoms with Gasteiger partial charge in [-0.15, -0.1) is 0 Å². The molecule has 2 aromatic heterocycles. The largest absolute Gasteiger partial charge is 0.487 e. The molecule has 1 aliphatic rings. The Morgan fingerprint density at radius 3 is 2.71 bits per heavy atom. The highest BCUT2D eigenvalue weighted by molar-refractivity contribution is 9.10. The molecule has 0 bridgehead atoms. The normalized spacial score (nSPS) is 17.5. The number of rotatable bonds is 8. The second-order valence-electron chi connectivity index (χ2n) is 9.78. The van der Waals surface area contributed by atoms with Crippen LogP contribution in [0.5, 0.6) is 5.75 Å². The minimum Gasteiger partial charge on any atom is -0.487 e. The van der Waals surface area contributed by atoms with E-state index in [0.29, 0.717) is 19.6 Å². The van der Waals surface area contributed by atoms with Gasteiger partial charge in [-0.05, 0) is 61.2 Å². The maximum absolute atomic E-state index is 11.3. The van der Waals surface area contributed by atoms with E-state index < -0.39 is 0 Å². The van der Waals surface area contributed by atoms with Gasteiger partial charge in [-0.25, -0.2) is 9.97 Å². The highest BCUT2D eigenvalue weighted by Crippen LogP contribution is 2.37. The standard InChI is InChI=1S/C31H28BrN3O3/c32-23-8-5-6-21(16-23)18-35-29-15-14-25(37-19-24-13-12-22-7-1-3-10-27(22)33-24)17-28(29)34-31(35)26-9-2-4-11-30(26)38-20-36/h1,3,5-8,10,12-17,20,26,30H,2,4,9,11,18-19H2. The van der Waals surface area contributed by atoms with E-state index in [-0.39, 0.29) is 12.0 Å². The molecule has 0 saturated heterocycles. The molecule has 0 N–H and O–H groups in total. The van der Waals surface area contributed by atoms with Crippen molar-refractivity contribution in [3.05, 3.63) is 100 Å². The summed E-state index contributed by atoms with van der Waals surface area (Å²) in [5, 5.41) is 1.11. The summed E-state index contributed by atoms with van der Waals surface area (Å²) in [5.74, 6) is 1.76. The van der Waals surface area contributed by atoms with Gasteiger partial charge < -0.3 is 14.0 Å². The minimum absolute atomic E-state index is 0.0553. The van der Waals surface area contributed by atoms with Gasteiger partial charge in [0.25, 0.3) is 6.47 Å². The second-order valence-corrected chi connectivity index (χ2v) is 10.7. The lowest BCUT2D eigenvalue weighted by molar-refractivity contribution is -0.136. The predicted octanol–water partition coefficient (Wildman–Crippen LogP) is 7.17. The molecule has 38 heavy (non-hydrogen) atoms. The van der Waals surface area contributed by atoms with Gasteiger partial charge in [-0.1, -0.05) is 58.7 Å². The molecule has 2 unspecified atom stereocenters. The summed E-state index contributed by atoms with van der Waals surface area (Å²) in [6.07, 6.45) is 3.79. The first-order chi connectivity index (χ1) is 18.7. The van der Waals surface area contributed by atoms with Gasteiger partial charge in [0, 0.05) is 22.5 Å². The fourth-order valence-electron chi connectivity index (χ4n) is 5.46. The number of halogens is 1. The van der Waals surface area contributed by atoms with E-state index in [1.54, 1.807) is 0 Å². The van der Waals surface area contributed by atoms with E-state index in [2.05, 4.69) is 50.8 Å². The second kappa shape index (κ2) is 11.0. The van der Waals surface area contributed by atoms with Crippen LogP contribution in [-0.4, -0.2) is 27.1 Å². The quantitative estimate of drug-likeness (QED) is 0.185. The van der Waals surface area contributed by atoms with Crippen molar-refractivity contribution in [2.75, 3.05) is 0 Å². The Labute approximate surface area is 229 Å². The number of ether oxygens (including phenoxy) is 2. The number of hydrogen-bond acceptors (Lipinski definition) is 5. The van der Waals surface area contributed by atoms with Crippen LogP contribution in [-0.2, 0) is 22.7 Å². The van der Waals surface area contributed by atoms with E-state index in [0.717, 1.165) is 69.4 Å². The number of carbonyl (C=O) groups is 1. The van der Waals surface area contributed by atoms with Crippen molar-refractivity contribution >= 4 is 44.3 Å². The molecule has 6 nitrogen and oxygen atoms in total. The molecule has 5 aromatic rings. The lowest BCUT2D eigenvalue weighted by Crippen LogP contribution is -2.28. The molecule has 0 radical (unpaired) electrons. The molecule has 192 valence electrons. The summed E-state index contributed by atoms with van der Waals surface area (Å²) in [4.78, 5) is 21.1. The Bertz CT molecular complexity index is 1600. The average Bonchev–Trinajstić information content (AvgIpc) is 3.29. The number of hydrogen-bond donors (Lipinski definition) is 0. The van der Waals surface area contributed by atoms with Crippen LogP contribution in [0.25, 0.3) is 21.9 Å². The van der Waals surface area contributed by atoms with Gasteiger partial charge in [-0.3, -0.25) is 4.79 Å². The summed E-state index contributed by atoms with van der Waals surface area (Å²) in [6.45, 7) is 1.63. The average molecular weight is 570 g/mol. The monoisotopic (exact) mass is 569 g/mol. The van der Waals surface area contributed by atoms with E-state index in [1.165, 1.54) is 5.56 Å². The third kappa shape index (κ3) is 5.16. The first-order valence-electron chi connectivity index (χ1n) is 13.0. The van der Waals surface area contributed by atoms with Crippen molar-refractivity contribution in [2.45, 2.75) is 50.9 Å². The number of aromatic nitrogens is 3. The lowest BCUT2D eigenvalue weighted by Gasteiger charge is -2.30. The number of fused-ring (bicyclic) bond motifs is 2. The van der Waals surface area contributed by atoms with Crippen molar-refractivity contribution in [3.63, 3.8) is 0 Å². The Balaban J connectivity index is 1.33. The number of para-hydroxylation sites is 1. The van der Waals surface area contributed by atoms with Crippen molar-refractivity contribution in [1.82, 2.24) is 14.5 Å². The summed E-state index contributed by atoms with van der Waals surface area (Å²) in [6, 6.07) is 26.5. The predicted molar refractivity (Wildman–Crippen MR) is 151 cm³/mol. The molecule has 1 fully saturated rings. The van der Waals surface area contributed by atoms with Crippen molar-refractivity contribution in [1.29, 1.82) is 0 Å². The lowest BCUT2D eigenvalue weighted by atomic mass is 9.85. The van der Waals surface area contributed by atoms with E-state index in [1.807, 2.05) is 48.5 Å². The zero-order valence-electron chi connectivity index (χ0n) is 20.9. The van der Waals surface area contributed by atoms with Gasteiger partial charge in [0.15, 0.2) is 0 Å². The van der Waals surface area contributed by atoms with Crippen LogP contribution in [0.15, 0.2) is 83.3 Å².